The number of hydrogen-bond acceptors (Lipinski definition) is 4. The van der Waals surface area contributed by atoms with E-state index in [2.05, 4.69) is 25.1 Å². The Morgan fingerprint density at radius 3 is 2.90 bits per heavy atom. The van der Waals surface area contributed by atoms with Crippen molar-refractivity contribution < 1.29 is 4.79 Å². The molecule has 1 aromatic rings. The number of nitrogens with one attached hydrogen (secondary N) is 2. The van der Waals surface area contributed by atoms with E-state index in [9.17, 15) is 4.79 Å². The van der Waals surface area contributed by atoms with Gasteiger partial charge in [-0.25, -0.2) is 4.98 Å². The molecule has 0 bridgehead atoms. The molecule has 1 aliphatic carbocycles. The first kappa shape index (κ1) is 14.5. The van der Waals surface area contributed by atoms with Crippen LogP contribution in [0.25, 0.3) is 0 Å². The van der Waals surface area contributed by atoms with E-state index in [4.69, 9.17) is 0 Å². The molecule has 1 aromatic heterocycles. The minimum atomic E-state index is 0.0968. The highest BCUT2D eigenvalue weighted by molar-refractivity contribution is 5.77. The first-order valence-electron chi connectivity index (χ1n) is 7.92. The minimum absolute atomic E-state index is 0.0968. The van der Waals surface area contributed by atoms with Gasteiger partial charge in [0.1, 0.15) is 0 Å². The molecule has 6 nitrogen and oxygen atoms in total. The molecule has 0 radical (unpaired) electrons. The molecule has 2 fully saturated rings. The number of imidazole rings is 1. The van der Waals surface area contributed by atoms with Crippen LogP contribution in [-0.2, 0) is 11.3 Å². The molecule has 6 heteroatoms. The lowest BCUT2D eigenvalue weighted by atomic mass is 10.1. The van der Waals surface area contributed by atoms with Gasteiger partial charge in [0, 0.05) is 18.3 Å². The Morgan fingerprint density at radius 2 is 2.19 bits per heavy atom. The summed E-state index contributed by atoms with van der Waals surface area (Å²) in [6.45, 7) is 3.16. The van der Waals surface area contributed by atoms with Gasteiger partial charge in [-0.05, 0) is 45.8 Å². The first-order chi connectivity index (χ1) is 10.2. The Balaban J connectivity index is 1.44. The number of nitrogens with zero attached hydrogens (tertiary/aromatic N) is 3. The number of carbonyl (C=O) groups excluding carboxylic acids is 1. The van der Waals surface area contributed by atoms with Gasteiger partial charge in [-0.3, -0.25) is 9.69 Å². The van der Waals surface area contributed by atoms with Gasteiger partial charge in [-0.15, -0.1) is 0 Å². The molecule has 0 aromatic carbocycles. The minimum Gasteiger partial charge on any atom is -0.349 e. The van der Waals surface area contributed by atoms with Crippen LogP contribution in [0.5, 0.6) is 0 Å². The van der Waals surface area contributed by atoms with Gasteiger partial charge in [0.2, 0.25) is 5.91 Å². The fourth-order valence-electron chi connectivity index (χ4n) is 3.00. The van der Waals surface area contributed by atoms with Crippen LogP contribution in [0.4, 0.5) is 0 Å². The molecule has 21 heavy (non-hydrogen) atoms. The number of likely N-dealkylation sites (N-methyl/N-ethyl adjacent to an activating group) is 1. The maximum Gasteiger partial charge on any atom is 0.234 e. The van der Waals surface area contributed by atoms with E-state index in [0.717, 1.165) is 31.6 Å². The quantitative estimate of drug-likeness (QED) is 0.802. The van der Waals surface area contributed by atoms with E-state index in [0.29, 0.717) is 25.2 Å². The Bertz CT molecular complexity index is 476. The lowest BCUT2D eigenvalue weighted by Gasteiger charge is -2.31. The maximum atomic E-state index is 12.1. The second-order valence-electron chi connectivity index (χ2n) is 6.20. The molecule has 1 saturated heterocycles. The normalized spacial score (nSPS) is 19.9. The average Bonchev–Trinajstić information content (AvgIpc) is 3.24. The third-order valence-corrected chi connectivity index (χ3v) is 4.48. The molecule has 116 valence electrons. The summed E-state index contributed by atoms with van der Waals surface area (Å²) in [5, 5.41) is 6.37. The Morgan fingerprint density at radius 1 is 1.43 bits per heavy atom. The fraction of sp³-hybridized carbons (Fsp3) is 0.733. The fourth-order valence-corrected chi connectivity index (χ4v) is 3.00. The van der Waals surface area contributed by atoms with Crippen LogP contribution in [-0.4, -0.2) is 53.1 Å². The number of amides is 1. The van der Waals surface area contributed by atoms with Crippen LogP contribution in [0, 0.1) is 0 Å². The summed E-state index contributed by atoms with van der Waals surface area (Å²) >= 11 is 0. The lowest BCUT2D eigenvalue weighted by molar-refractivity contribution is -0.122. The summed E-state index contributed by atoms with van der Waals surface area (Å²) in [4.78, 5) is 18.5. The van der Waals surface area contributed by atoms with Crippen LogP contribution < -0.4 is 10.6 Å². The van der Waals surface area contributed by atoms with Crippen LogP contribution in [0.2, 0.25) is 0 Å². The van der Waals surface area contributed by atoms with Gasteiger partial charge in [0.15, 0.2) is 0 Å². The molecular formula is C15H25N5O. The van der Waals surface area contributed by atoms with Crippen molar-refractivity contribution in [3.8, 4) is 0 Å². The lowest BCUT2D eigenvalue weighted by Crippen LogP contribution is -2.45. The topological polar surface area (TPSA) is 62.2 Å². The molecule has 3 rings (SSSR count). The van der Waals surface area contributed by atoms with Gasteiger partial charge in [0.05, 0.1) is 25.1 Å². The van der Waals surface area contributed by atoms with Crippen LogP contribution in [0.15, 0.2) is 12.5 Å². The highest BCUT2D eigenvalue weighted by Gasteiger charge is 2.25. The van der Waals surface area contributed by atoms with Crippen LogP contribution in [0.1, 0.15) is 37.4 Å². The molecule has 2 aliphatic rings. The molecule has 2 N–H and O–H groups in total. The van der Waals surface area contributed by atoms with E-state index in [1.807, 2.05) is 19.6 Å². The highest BCUT2D eigenvalue weighted by Crippen LogP contribution is 2.35. The SMILES string of the molecule is CN(CC(=O)NCc1cncn1C1CC1)C1CCNCC1. The van der Waals surface area contributed by atoms with E-state index in [-0.39, 0.29) is 5.91 Å². The van der Waals surface area contributed by atoms with Crippen LogP contribution >= 0.6 is 0 Å². The molecular weight excluding hydrogens is 266 g/mol. The van der Waals surface area contributed by atoms with Crippen molar-refractivity contribution in [1.29, 1.82) is 0 Å². The Kier molecular flexibility index (Phi) is 4.55. The maximum absolute atomic E-state index is 12.1. The zero-order chi connectivity index (χ0) is 14.7. The summed E-state index contributed by atoms with van der Waals surface area (Å²) in [5.41, 5.74) is 1.11. The van der Waals surface area contributed by atoms with Crippen molar-refractivity contribution in [2.45, 2.75) is 44.3 Å². The van der Waals surface area contributed by atoms with Gasteiger partial charge < -0.3 is 15.2 Å². The highest BCUT2D eigenvalue weighted by atomic mass is 16.2. The molecule has 0 spiro atoms. The number of aromatic nitrogens is 2. The molecule has 0 atom stereocenters. The first-order valence-corrected chi connectivity index (χ1v) is 7.92. The second-order valence-corrected chi connectivity index (χ2v) is 6.20. The Labute approximate surface area is 125 Å². The van der Waals surface area contributed by atoms with E-state index in [1.54, 1.807) is 0 Å². The predicted molar refractivity (Wildman–Crippen MR) is 80.9 cm³/mol. The van der Waals surface area contributed by atoms with Crippen molar-refractivity contribution >= 4 is 5.91 Å². The van der Waals surface area contributed by atoms with Crippen molar-refractivity contribution in [2.75, 3.05) is 26.7 Å². The molecule has 2 heterocycles. The van der Waals surface area contributed by atoms with Crippen molar-refractivity contribution in [3.05, 3.63) is 18.2 Å². The second kappa shape index (κ2) is 6.58. The average molecular weight is 291 g/mol. The number of rotatable bonds is 6. The smallest absolute Gasteiger partial charge is 0.234 e. The third-order valence-electron chi connectivity index (χ3n) is 4.48. The predicted octanol–water partition coefficient (Wildman–Crippen LogP) is 0.518. The van der Waals surface area contributed by atoms with Crippen molar-refractivity contribution in [3.63, 3.8) is 0 Å². The van der Waals surface area contributed by atoms with Gasteiger partial charge in [-0.2, -0.15) is 0 Å². The summed E-state index contributed by atoms with van der Waals surface area (Å²) in [6.07, 6.45) is 8.44. The standard InChI is InChI=1S/C15H25N5O/c1-19(12-4-6-16-7-5-12)10-15(21)18-9-14-8-17-11-20(14)13-2-3-13/h8,11-13,16H,2-7,9-10H2,1H3,(H,18,21). The number of carbonyl (C=O) groups is 1. The molecule has 1 aliphatic heterocycles. The van der Waals surface area contributed by atoms with E-state index < -0.39 is 0 Å². The van der Waals surface area contributed by atoms with Crippen molar-refractivity contribution in [1.82, 2.24) is 25.1 Å². The molecule has 1 saturated carbocycles. The summed E-state index contributed by atoms with van der Waals surface area (Å²) < 4.78 is 2.19. The van der Waals surface area contributed by atoms with Gasteiger partial charge >= 0.3 is 0 Å². The molecule has 0 unspecified atom stereocenters. The summed E-state index contributed by atoms with van der Waals surface area (Å²) in [6, 6.07) is 1.13. The number of piperidine rings is 1. The van der Waals surface area contributed by atoms with Gasteiger partial charge in [0.25, 0.3) is 0 Å². The largest absolute Gasteiger partial charge is 0.349 e. The van der Waals surface area contributed by atoms with Crippen molar-refractivity contribution in [2.24, 2.45) is 0 Å². The zero-order valence-corrected chi connectivity index (χ0v) is 12.7. The van der Waals surface area contributed by atoms with Gasteiger partial charge in [-0.1, -0.05) is 0 Å². The monoisotopic (exact) mass is 291 g/mol. The summed E-state index contributed by atoms with van der Waals surface area (Å²) in [7, 11) is 2.05. The Hall–Kier alpha value is -1.40. The van der Waals surface area contributed by atoms with Crippen LogP contribution in [0.3, 0.4) is 0 Å². The van der Waals surface area contributed by atoms with E-state index >= 15 is 0 Å². The third kappa shape index (κ3) is 3.83. The zero-order valence-electron chi connectivity index (χ0n) is 12.7. The number of hydrogen-bond donors (Lipinski definition) is 2. The van der Waals surface area contributed by atoms with E-state index in [1.165, 1.54) is 12.8 Å². The molecule has 1 amide bonds. The summed E-state index contributed by atoms with van der Waals surface area (Å²) in [5.74, 6) is 0.0968.